The first-order valence-corrected chi connectivity index (χ1v) is 17.5. The molecule has 0 unspecified atom stereocenters. The van der Waals surface area contributed by atoms with Gasteiger partial charge >= 0.3 is 0 Å². The largest absolute Gasteiger partial charge is 0.353 e. The molecule has 0 aliphatic carbocycles. The zero-order valence-corrected chi connectivity index (χ0v) is 28.9. The molecule has 6 heteroatoms. The molecule has 0 saturated heterocycles. The van der Waals surface area contributed by atoms with Crippen LogP contribution < -0.4 is 10.6 Å². The molecular formula is C46H36N6. The summed E-state index contributed by atoms with van der Waals surface area (Å²) in [7, 11) is 0. The number of nitrogens with zero attached hydrogens (tertiary/aromatic N) is 2. The zero-order chi connectivity index (χ0) is 35.0. The van der Waals surface area contributed by atoms with Crippen LogP contribution in [0, 0.1) is 13.8 Å². The Bertz CT molecular complexity index is 2480. The molecule has 6 nitrogen and oxygen atoms in total. The maximum atomic E-state index is 5.33. The number of fused-ring (bicyclic) bond motifs is 8. The van der Waals surface area contributed by atoms with Crippen molar-refractivity contribution in [1.29, 1.82) is 0 Å². The first kappa shape index (κ1) is 31.1. The number of aromatic nitrogens is 4. The second kappa shape index (κ2) is 13.1. The smallest absolute Gasteiger partial charge is 0.0894 e. The van der Waals surface area contributed by atoms with Crippen LogP contribution in [0.1, 0.15) is 33.9 Å². The lowest BCUT2D eigenvalue weighted by molar-refractivity contribution is 1.30. The average Bonchev–Trinajstić information content (AvgIpc) is 4.02. The van der Waals surface area contributed by atoms with E-state index in [4.69, 9.17) is 9.97 Å². The highest BCUT2D eigenvalue weighted by molar-refractivity contribution is 5.99. The normalized spacial score (nSPS) is 11.9. The number of rotatable bonds is 6. The maximum Gasteiger partial charge on any atom is 0.0894 e. The van der Waals surface area contributed by atoms with Crippen molar-refractivity contribution in [1.82, 2.24) is 19.9 Å². The van der Waals surface area contributed by atoms with Gasteiger partial charge in [-0.2, -0.15) is 0 Å². The summed E-state index contributed by atoms with van der Waals surface area (Å²) < 4.78 is 0. The number of hydrogen-bond acceptors (Lipinski definition) is 4. The molecule has 52 heavy (non-hydrogen) atoms. The molecule has 0 radical (unpaired) electrons. The van der Waals surface area contributed by atoms with E-state index in [2.05, 4.69) is 180 Å². The summed E-state index contributed by atoms with van der Waals surface area (Å²) in [5.74, 6) is 0. The lowest BCUT2D eigenvalue weighted by Crippen LogP contribution is -1.95. The van der Waals surface area contributed by atoms with Crippen molar-refractivity contribution in [2.24, 2.45) is 0 Å². The predicted octanol–water partition coefficient (Wildman–Crippen LogP) is 12.1. The van der Waals surface area contributed by atoms with Crippen LogP contribution in [0.25, 0.3) is 68.6 Å². The Morgan fingerprint density at radius 2 is 0.750 bits per heavy atom. The van der Waals surface area contributed by atoms with E-state index in [9.17, 15) is 0 Å². The van der Waals surface area contributed by atoms with Crippen LogP contribution >= 0.6 is 0 Å². The van der Waals surface area contributed by atoms with E-state index in [0.29, 0.717) is 0 Å². The molecule has 250 valence electrons. The molecule has 4 aromatic carbocycles. The van der Waals surface area contributed by atoms with Gasteiger partial charge in [-0.25, -0.2) is 9.97 Å². The number of H-pyrrole nitrogens is 2. The van der Waals surface area contributed by atoms with Crippen LogP contribution in [0.3, 0.4) is 0 Å². The fraction of sp³-hybridized carbons (Fsp3) is 0.0435. The second-order valence-electron chi connectivity index (χ2n) is 13.2. The number of anilines is 4. The Morgan fingerprint density at radius 1 is 0.385 bits per heavy atom. The SMILES string of the molecule is Cc1ccc(Nc2c3nc(c(-c4ccccc4)c4ccc([nH]4)c(Nc4ccc(C)cc4)c4nc(c(-c5ccccc5)c5ccc2[nH]5)C=C4)C=C3)cc1. The molecule has 5 heterocycles. The van der Waals surface area contributed by atoms with Crippen molar-refractivity contribution in [2.45, 2.75) is 13.8 Å². The minimum absolute atomic E-state index is 0.833. The molecule has 0 saturated carbocycles. The van der Waals surface area contributed by atoms with Crippen LogP contribution in [0.5, 0.6) is 0 Å². The minimum atomic E-state index is 0.833. The van der Waals surface area contributed by atoms with Gasteiger partial charge < -0.3 is 20.6 Å². The van der Waals surface area contributed by atoms with Gasteiger partial charge in [-0.15, -0.1) is 0 Å². The van der Waals surface area contributed by atoms with E-state index in [1.54, 1.807) is 0 Å². The van der Waals surface area contributed by atoms with Gasteiger partial charge in [0, 0.05) is 33.5 Å². The van der Waals surface area contributed by atoms with Crippen molar-refractivity contribution in [3.8, 4) is 22.3 Å². The van der Waals surface area contributed by atoms with Gasteiger partial charge in [-0.05, 0) is 97.8 Å². The Kier molecular flexibility index (Phi) is 7.82. The van der Waals surface area contributed by atoms with Crippen molar-refractivity contribution >= 4 is 69.1 Å². The van der Waals surface area contributed by atoms with Gasteiger partial charge in [0.15, 0.2) is 0 Å². The summed E-state index contributed by atoms with van der Waals surface area (Å²) >= 11 is 0. The van der Waals surface area contributed by atoms with Crippen LogP contribution in [-0.2, 0) is 0 Å². The highest BCUT2D eigenvalue weighted by Crippen LogP contribution is 2.37. The minimum Gasteiger partial charge on any atom is -0.353 e. The van der Waals surface area contributed by atoms with Crippen LogP contribution in [0.2, 0.25) is 0 Å². The number of nitrogens with one attached hydrogen (secondary N) is 4. The van der Waals surface area contributed by atoms with Gasteiger partial charge in [0.05, 0.1) is 45.2 Å². The Morgan fingerprint density at radius 3 is 1.15 bits per heavy atom. The topological polar surface area (TPSA) is 81.4 Å². The van der Waals surface area contributed by atoms with Gasteiger partial charge in [0.25, 0.3) is 0 Å². The quantitative estimate of drug-likeness (QED) is 0.142. The van der Waals surface area contributed by atoms with E-state index in [-0.39, 0.29) is 0 Å². The Balaban J connectivity index is 1.40. The summed E-state index contributed by atoms with van der Waals surface area (Å²) in [5, 5.41) is 7.42. The summed E-state index contributed by atoms with van der Waals surface area (Å²) in [6.07, 6.45) is 8.41. The zero-order valence-electron chi connectivity index (χ0n) is 28.9. The van der Waals surface area contributed by atoms with Gasteiger partial charge in [0.1, 0.15) is 0 Å². The molecule has 2 aliphatic rings. The van der Waals surface area contributed by atoms with Crippen LogP contribution in [0.15, 0.2) is 133 Å². The number of aromatic amines is 2. The molecule has 0 amide bonds. The lowest BCUT2D eigenvalue weighted by Gasteiger charge is -2.09. The predicted molar refractivity (Wildman–Crippen MR) is 219 cm³/mol. The molecule has 9 rings (SSSR count). The van der Waals surface area contributed by atoms with E-state index in [1.165, 1.54) is 11.1 Å². The number of benzene rings is 4. The molecule has 0 atom stereocenters. The Labute approximate surface area is 302 Å². The molecule has 7 aromatic rings. The third-order valence-corrected chi connectivity index (χ3v) is 9.52. The average molecular weight is 673 g/mol. The molecule has 0 spiro atoms. The van der Waals surface area contributed by atoms with E-state index >= 15 is 0 Å². The highest BCUT2D eigenvalue weighted by Gasteiger charge is 2.18. The van der Waals surface area contributed by atoms with Crippen molar-refractivity contribution in [3.05, 3.63) is 167 Å². The number of hydrogen-bond donors (Lipinski definition) is 4. The van der Waals surface area contributed by atoms with Gasteiger partial charge in [-0.1, -0.05) is 96.1 Å². The monoisotopic (exact) mass is 672 g/mol. The molecule has 4 N–H and O–H groups in total. The van der Waals surface area contributed by atoms with Gasteiger partial charge in [0.2, 0.25) is 0 Å². The standard InChI is InChI=1S/C46H36N6/c1-29-13-17-33(18-14-29)47-45-39-25-21-35(49-39)43(31-9-5-3-6-10-31)37-23-27-41(51-37)46(48-34-19-15-30(2)16-20-34)42-28-24-38(52-42)44(32-11-7-4-8-12-32)36-22-26-40(45)50-36/h3-28,47-49,52H,1-2H3. The first-order chi connectivity index (χ1) is 25.6. The van der Waals surface area contributed by atoms with E-state index < -0.39 is 0 Å². The van der Waals surface area contributed by atoms with Crippen LogP contribution in [0.4, 0.5) is 22.7 Å². The fourth-order valence-electron chi connectivity index (χ4n) is 6.85. The number of aryl methyl sites for hydroxylation is 2. The fourth-order valence-corrected chi connectivity index (χ4v) is 6.85. The summed E-state index contributed by atoms with van der Waals surface area (Å²) in [6.45, 7) is 4.20. The molecule has 8 bridgehead atoms. The van der Waals surface area contributed by atoms with Crippen molar-refractivity contribution in [3.63, 3.8) is 0 Å². The van der Waals surface area contributed by atoms with Crippen molar-refractivity contribution in [2.75, 3.05) is 10.6 Å². The van der Waals surface area contributed by atoms with Crippen molar-refractivity contribution < 1.29 is 0 Å². The third-order valence-electron chi connectivity index (χ3n) is 9.52. The summed E-state index contributed by atoms with van der Waals surface area (Å²) in [4.78, 5) is 18.2. The van der Waals surface area contributed by atoms with Gasteiger partial charge in [-0.3, -0.25) is 0 Å². The lowest BCUT2D eigenvalue weighted by atomic mass is 10.0. The first-order valence-electron chi connectivity index (χ1n) is 17.5. The molecule has 3 aromatic heterocycles. The van der Waals surface area contributed by atoms with E-state index in [0.717, 1.165) is 89.8 Å². The molecular weight excluding hydrogens is 637 g/mol. The third kappa shape index (κ3) is 5.97. The summed E-state index contributed by atoms with van der Waals surface area (Å²) in [6, 6.07) is 46.3. The second-order valence-corrected chi connectivity index (χ2v) is 13.2. The Hall–Kier alpha value is -6.92. The maximum absolute atomic E-state index is 5.33. The molecule has 0 fully saturated rings. The summed E-state index contributed by atoms with van der Waals surface area (Å²) in [5.41, 5.74) is 17.5. The highest BCUT2D eigenvalue weighted by atomic mass is 14.9. The van der Waals surface area contributed by atoms with E-state index in [1.807, 2.05) is 12.1 Å². The molecule has 2 aliphatic heterocycles. The van der Waals surface area contributed by atoms with Crippen LogP contribution in [-0.4, -0.2) is 19.9 Å².